The molecule has 38 heavy (non-hydrogen) atoms. The maximum atomic E-state index is 13.1. The third-order valence-corrected chi connectivity index (χ3v) is 9.07. The normalized spacial score (nSPS) is 20.9. The van der Waals surface area contributed by atoms with Crippen molar-refractivity contribution in [2.75, 3.05) is 18.6 Å². The van der Waals surface area contributed by atoms with Gasteiger partial charge in [-0.15, -0.1) is 16.9 Å². The number of aliphatic hydroxyl groups excluding tert-OH is 1. The number of rotatable bonds is 12. The summed E-state index contributed by atoms with van der Waals surface area (Å²) in [6.07, 6.45) is 0.331. The predicted molar refractivity (Wildman–Crippen MR) is 137 cm³/mol. The zero-order valence-electron chi connectivity index (χ0n) is 20.0. The number of thioether (sulfide) groups is 2. The number of aliphatic hydroxyl groups is 1. The van der Waals surface area contributed by atoms with Crippen LogP contribution in [0.15, 0.2) is 46.8 Å². The van der Waals surface area contributed by atoms with E-state index in [-0.39, 0.29) is 18.0 Å². The fraction of sp³-hybridized carbons (Fsp3) is 0.429. The number of carbonyl (C=O) groups is 3. The second-order valence-corrected chi connectivity index (χ2v) is 12.6. The molecule has 5 N–H and O–H groups in total. The lowest BCUT2D eigenvalue weighted by Gasteiger charge is -2.50. The van der Waals surface area contributed by atoms with E-state index in [0.29, 0.717) is 29.1 Å². The number of sulfonamides is 1. The van der Waals surface area contributed by atoms with E-state index in [0.717, 1.165) is 11.2 Å². The summed E-state index contributed by atoms with van der Waals surface area (Å²) in [5.74, 6) is -2.42. The summed E-state index contributed by atoms with van der Waals surface area (Å²) < 4.78 is 25.2. The molecule has 1 fully saturated rings. The van der Waals surface area contributed by atoms with Crippen molar-refractivity contribution in [3.8, 4) is 0 Å². The molecular weight excluding hydrogens is 558 g/mol. The minimum atomic E-state index is -3.39. The van der Waals surface area contributed by atoms with Gasteiger partial charge in [-0.3, -0.25) is 14.5 Å². The van der Waals surface area contributed by atoms with Crippen LogP contribution < -0.4 is 10.0 Å². The van der Waals surface area contributed by atoms with Crippen molar-refractivity contribution >= 4 is 51.3 Å². The van der Waals surface area contributed by atoms with Gasteiger partial charge in [0.25, 0.3) is 11.8 Å². The molecule has 2 unspecified atom stereocenters. The summed E-state index contributed by atoms with van der Waals surface area (Å²) in [6.45, 7) is 0.149. The molecule has 4 atom stereocenters. The molecule has 1 saturated heterocycles. The summed E-state index contributed by atoms with van der Waals surface area (Å²) >= 11 is 2.47. The maximum absolute atomic E-state index is 13.1. The third kappa shape index (κ3) is 6.35. The van der Waals surface area contributed by atoms with Crippen LogP contribution in [0, 0.1) is 0 Å². The average Bonchev–Trinajstić information content (AvgIpc) is 3.40. The zero-order valence-corrected chi connectivity index (χ0v) is 22.4. The van der Waals surface area contributed by atoms with Crippen LogP contribution in [0.5, 0.6) is 0 Å². The van der Waals surface area contributed by atoms with Crippen LogP contribution in [0.2, 0.25) is 0 Å². The summed E-state index contributed by atoms with van der Waals surface area (Å²) in [5.41, 5.74) is 0.640. The van der Waals surface area contributed by atoms with E-state index in [9.17, 15) is 33.0 Å². The van der Waals surface area contributed by atoms with Gasteiger partial charge in [0, 0.05) is 17.5 Å². The Morgan fingerprint density at radius 1 is 1.32 bits per heavy atom. The lowest BCUT2D eigenvalue weighted by molar-refractivity contribution is -0.151. The number of H-pyrrole nitrogens is 1. The molecule has 204 valence electrons. The Kier molecular flexibility index (Phi) is 8.71. The van der Waals surface area contributed by atoms with Gasteiger partial charge >= 0.3 is 5.97 Å². The molecule has 0 bridgehead atoms. The predicted octanol–water partition coefficient (Wildman–Crippen LogP) is -0.538. The summed E-state index contributed by atoms with van der Waals surface area (Å²) in [5, 5.41) is 35.7. The largest absolute Gasteiger partial charge is 0.477 e. The van der Waals surface area contributed by atoms with E-state index in [2.05, 4.69) is 30.7 Å². The quantitative estimate of drug-likeness (QED) is 0.121. The highest BCUT2D eigenvalue weighted by atomic mass is 32.2. The number of β-lactam (4-membered cyclic amide) rings is 1. The van der Waals surface area contributed by atoms with Crippen LogP contribution in [0.3, 0.4) is 0 Å². The minimum absolute atomic E-state index is 0.149. The smallest absolute Gasteiger partial charge is 0.352 e. The van der Waals surface area contributed by atoms with Crippen molar-refractivity contribution in [2.24, 2.45) is 0 Å². The summed E-state index contributed by atoms with van der Waals surface area (Å²) in [4.78, 5) is 39.2. The van der Waals surface area contributed by atoms with Gasteiger partial charge in [-0.05, 0) is 34.4 Å². The molecule has 17 heteroatoms. The molecule has 2 aliphatic heterocycles. The molecule has 0 radical (unpaired) electrons. The van der Waals surface area contributed by atoms with Crippen molar-refractivity contribution in [1.29, 1.82) is 0 Å². The molecule has 4 rings (SSSR count). The summed E-state index contributed by atoms with van der Waals surface area (Å²) in [7, 11) is -3.39. The first-order valence-corrected chi connectivity index (χ1v) is 15.2. The number of carboxylic acids is 1. The number of benzene rings is 1. The number of fused-ring (bicyclic) bond motifs is 1. The van der Waals surface area contributed by atoms with Crippen LogP contribution in [0.4, 0.5) is 0 Å². The Bertz CT molecular complexity index is 1320. The van der Waals surface area contributed by atoms with Gasteiger partial charge in [0.15, 0.2) is 6.10 Å². The molecule has 2 aliphatic rings. The molecule has 2 amide bonds. The highest BCUT2D eigenvalue weighted by Gasteiger charge is 2.55. The lowest BCUT2D eigenvalue weighted by Crippen LogP contribution is -2.71. The number of tetrazole rings is 1. The number of amides is 2. The standard InChI is InChI=1S/C21H25N7O7S3/c1-38(34,35)22-9-5-8-13(37-21-24-26-27-25-21)12-10-36-19-14(18(31)28(19)15(12)20(32)33)23-17(30)16(29)11-6-3-2-4-7-11/h2-4,6-7,13-14,16,19,22,29H,5,8-10H2,1H3,(H,23,30)(H,32,33)(H,24,25,26,27)/t13?,14-,16?,19+/m1/s1. The van der Waals surface area contributed by atoms with Crippen LogP contribution in [-0.4, -0.2) is 97.2 Å². The number of hydrogen-bond acceptors (Lipinski definition) is 11. The van der Waals surface area contributed by atoms with Gasteiger partial charge in [0.1, 0.15) is 17.1 Å². The SMILES string of the molecule is CS(=O)(=O)NCCCC(Sc1nnn[nH]1)C1=C(C(=O)O)N2C(=O)[C@@H](NC(=O)C(O)c3ccccc3)[C@@H]2SC1. The molecule has 1 aromatic heterocycles. The number of aromatic nitrogens is 4. The maximum Gasteiger partial charge on any atom is 0.352 e. The monoisotopic (exact) mass is 583 g/mol. The fourth-order valence-corrected chi connectivity index (χ4v) is 7.21. The second-order valence-electron chi connectivity index (χ2n) is 8.51. The topological polar surface area (TPSA) is 208 Å². The van der Waals surface area contributed by atoms with E-state index in [4.69, 9.17) is 0 Å². The average molecular weight is 584 g/mol. The lowest BCUT2D eigenvalue weighted by atomic mass is 9.99. The van der Waals surface area contributed by atoms with Gasteiger partial charge in [-0.2, -0.15) is 0 Å². The van der Waals surface area contributed by atoms with E-state index in [1.54, 1.807) is 30.3 Å². The Morgan fingerprint density at radius 3 is 2.68 bits per heavy atom. The Labute approximate surface area is 226 Å². The zero-order chi connectivity index (χ0) is 27.4. The number of nitrogens with one attached hydrogen (secondary N) is 3. The van der Waals surface area contributed by atoms with Gasteiger partial charge < -0.3 is 15.5 Å². The van der Waals surface area contributed by atoms with Gasteiger partial charge in [0.2, 0.25) is 15.2 Å². The van der Waals surface area contributed by atoms with E-state index >= 15 is 0 Å². The molecule has 2 aromatic rings. The molecule has 3 heterocycles. The highest BCUT2D eigenvalue weighted by molar-refractivity contribution is 8.01. The molecule has 0 saturated carbocycles. The van der Waals surface area contributed by atoms with Crippen molar-refractivity contribution in [2.45, 2.75) is 40.8 Å². The molecule has 1 aromatic carbocycles. The van der Waals surface area contributed by atoms with Crippen molar-refractivity contribution in [1.82, 2.24) is 35.6 Å². The number of aromatic amines is 1. The molecular formula is C21H25N7O7S3. The number of aliphatic carboxylic acids is 1. The van der Waals surface area contributed by atoms with Gasteiger partial charge in [-0.1, -0.05) is 42.1 Å². The van der Waals surface area contributed by atoms with Gasteiger partial charge in [-0.25, -0.2) is 23.0 Å². The first kappa shape index (κ1) is 28.0. The minimum Gasteiger partial charge on any atom is -0.477 e. The van der Waals surface area contributed by atoms with Crippen molar-refractivity contribution in [3.63, 3.8) is 0 Å². The first-order chi connectivity index (χ1) is 18.1. The molecule has 0 spiro atoms. The number of nitrogens with zero attached hydrogens (tertiary/aromatic N) is 4. The summed E-state index contributed by atoms with van der Waals surface area (Å²) in [6, 6.07) is 7.25. The van der Waals surface area contributed by atoms with Crippen LogP contribution in [0.25, 0.3) is 0 Å². The van der Waals surface area contributed by atoms with Crippen molar-refractivity contribution < 1.29 is 33.0 Å². The highest BCUT2D eigenvalue weighted by Crippen LogP contribution is 2.44. The number of hydrogen-bond donors (Lipinski definition) is 5. The molecule has 14 nitrogen and oxygen atoms in total. The number of carbonyl (C=O) groups excluding carboxylic acids is 2. The second kappa shape index (κ2) is 11.8. The van der Waals surface area contributed by atoms with E-state index in [1.807, 2.05) is 0 Å². The van der Waals surface area contributed by atoms with Crippen molar-refractivity contribution in [3.05, 3.63) is 47.2 Å². The first-order valence-electron chi connectivity index (χ1n) is 11.4. The Morgan fingerprint density at radius 2 is 2.05 bits per heavy atom. The molecule has 0 aliphatic carbocycles. The van der Waals surface area contributed by atoms with Crippen LogP contribution in [-0.2, 0) is 24.4 Å². The third-order valence-electron chi connectivity index (χ3n) is 5.84. The van der Waals surface area contributed by atoms with E-state index in [1.165, 1.54) is 23.5 Å². The van der Waals surface area contributed by atoms with Gasteiger partial charge in [0.05, 0.1) is 6.26 Å². The van der Waals surface area contributed by atoms with E-state index < -0.39 is 50.6 Å². The number of carboxylic acid groups (broad SMARTS) is 1. The Hall–Kier alpha value is -2.99. The Balaban J connectivity index is 1.52. The fourth-order valence-electron chi connectivity index (χ4n) is 4.09. The van der Waals surface area contributed by atoms with Crippen LogP contribution >= 0.6 is 23.5 Å². The van der Waals surface area contributed by atoms with Crippen LogP contribution in [0.1, 0.15) is 24.5 Å².